The molecular formula is C19H21NO5. The summed E-state index contributed by atoms with van der Waals surface area (Å²) in [6, 6.07) is 11.8. The van der Waals surface area contributed by atoms with E-state index in [-0.39, 0.29) is 5.56 Å². The molecule has 0 heterocycles. The molecule has 6 nitrogen and oxygen atoms in total. The van der Waals surface area contributed by atoms with Crippen LogP contribution in [0.4, 0.5) is 10.5 Å². The van der Waals surface area contributed by atoms with Gasteiger partial charge in [-0.25, -0.2) is 9.59 Å². The second-order valence-electron chi connectivity index (χ2n) is 6.43. The summed E-state index contributed by atoms with van der Waals surface area (Å²) in [5, 5.41) is 11.8. The van der Waals surface area contributed by atoms with Crippen LogP contribution in [0.1, 0.15) is 31.1 Å². The van der Waals surface area contributed by atoms with Gasteiger partial charge in [0.15, 0.2) is 0 Å². The average Bonchev–Trinajstić information content (AvgIpc) is 2.52. The number of aromatic carboxylic acids is 1. The van der Waals surface area contributed by atoms with Crippen LogP contribution < -0.4 is 10.1 Å². The van der Waals surface area contributed by atoms with Crippen molar-refractivity contribution in [1.29, 1.82) is 0 Å². The number of benzene rings is 2. The summed E-state index contributed by atoms with van der Waals surface area (Å²) in [4.78, 5) is 23.0. The van der Waals surface area contributed by atoms with Crippen LogP contribution in [0.25, 0.3) is 11.1 Å². The second kappa shape index (κ2) is 7.25. The lowest BCUT2D eigenvalue weighted by Crippen LogP contribution is -2.27. The summed E-state index contributed by atoms with van der Waals surface area (Å²) < 4.78 is 10.5. The predicted octanol–water partition coefficient (Wildman–Crippen LogP) is 4.41. The standard InChI is InChI=1S/C19H21NO5/c1-19(2,3)25-18(23)20-14-7-5-6-12(10-14)15-9-8-13(17(21)22)11-16(15)24-4/h5-11H,1-4H3,(H,20,23)(H,21,22). The molecule has 2 aromatic carbocycles. The van der Waals surface area contributed by atoms with Crippen LogP contribution in [0, 0.1) is 0 Å². The number of carboxylic acids is 1. The van der Waals surface area contributed by atoms with E-state index < -0.39 is 17.7 Å². The molecule has 2 N–H and O–H groups in total. The quantitative estimate of drug-likeness (QED) is 0.859. The second-order valence-corrected chi connectivity index (χ2v) is 6.43. The molecular weight excluding hydrogens is 322 g/mol. The third-order valence-electron chi connectivity index (χ3n) is 3.27. The molecule has 0 saturated carbocycles. The van der Waals surface area contributed by atoms with Crippen LogP contribution in [0.15, 0.2) is 42.5 Å². The number of amides is 1. The highest BCUT2D eigenvalue weighted by Crippen LogP contribution is 2.32. The van der Waals surface area contributed by atoms with Crippen molar-refractivity contribution < 1.29 is 24.2 Å². The molecule has 0 unspecified atom stereocenters. The summed E-state index contributed by atoms with van der Waals surface area (Å²) >= 11 is 0. The first kappa shape index (κ1) is 18.3. The van der Waals surface area contributed by atoms with Crippen LogP contribution in [0.3, 0.4) is 0 Å². The van der Waals surface area contributed by atoms with E-state index in [9.17, 15) is 9.59 Å². The summed E-state index contributed by atoms with van der Waals surface area (Å²) in [5.41, 5.74) is 1.62. The number of carbonyl (C=O) groups excluding carboxylic acids is 1. The molecule has 0 bridgehead atoms. The molecule has 0 radical (unpaired) electrons. The molecule has 0 spiro atoms. The molecule has 0 fully saturated rings. The first-order chi connectivity index (χ1) is 11.7. The van der Waals surface area contributed by atoms with E-state index in [4.69, 9.17) is 14.6 Å². The molecule has 2 aromatic rings. The fourth-order valence-electron chi connectivity index (χ4n) is 2.25. The summed E-state index contributed by atoms with van der Waals surface area (Å²) in [7, 11) is 1.48. The van der Waals surface area contributed by atoms with E-state index in [0.717, 1.165) is 11.1 Å². The van der Waals surface area contributed by atoms with Gasteiger partial charge in [-0.1, -0.05) is 12.1 Å². The van der Waals surface area contributed by atoms with Crippen molar-refractivity contribution in [2.24, 2.45) is 0 Å². The lowest BCUT2D eigenvalue weighted by atomic mass is 10.0. The van der Waals surface area contributed by atoms with Gasteiger partial charge in [-0.3, -0.25) is 5.32 Å². The van der Waals surface area contributed by atoms with Crippen LogP contribution in [0.5, 0.6) is 5.75 Å². The Morgan fingerprint density at radius 2 is 1.80 bits per heavy atom. The molecule has 0 saturated heterocycles. The largest absolute Gasteiger partial charge is 0.496 e. The SMILES string of the molecule is COc1cc(C(=O)O)ccc1-c1cccc(NC(=O)OC(C)(C)C)c1. The molecule has 1 amide bonds. The van der Waals surface area contributed by atoms with Crippen molar-refractivity contribution in [2.75, 3.05) is 12.4 Å². The van der Waals surface area contributed by atoms with Gasteiger partial charge in [-0.15, -0.1) is 0 Å². The van der Waals surface area contributed by atoms with Gasteiger partial charge in [0.1, 0.15) is 11.4 Å². The van der Waals surface area contributed by atoms with Crippen molar-refractivity contribution in [3.05, 3.63) is 48.0 Å². The van der Waals surface area contributed by atoms with Gasteiger partial charge < -0.3 is 14.6 Å². The fourth-order valence-corrected chi connectivity index (χ4v) is 2.25. The molecule has 25 heavy (non-hydrogen) atoms. The maximum atomic E-state index is 11.9. The van der Waals surface area contributed by atoms with Crippen molar-refractivity contribution in [3.63, 3.8) is 0 Å². The van der Waals surface area contributed by atoms with Crippen LogP contribution >= 0.6 is 0 Å². The number of hydrogen-bond acceptors (Lipinski definition) is 4. The van der Waals surface area contributed by atoms with Gasteiger partial charge in [0.05, 0.1) is 12.7 Å². The Morgan fingerprint density at radius 1 is 1.08 bits per heavy atom. The number of carbonyl (C=O) groups is 2. The van der Waals surface area contributed by atoms with Gasteiger partial charge in [0, 0.05) is 11.3 Å². The van der Waals surface area contributed by atoms with Gasteiger partial charge in [0.25, 0.3) is 0 Å². The molecule has 0 aliphatic carbocycles. The summed E-state index contributed by atoms with van der Waals surface area (Å²) in [6.45, 7) is 5.37. The lowest BCUT2D eigenvalue weighted by Gasteiger charge is -2.20. The van der Waals surface area contributed by atoms with Crippen LogP contribution in [0.2, 0.25) is 0 Å². The Balaban J connectivity index is 2.30. The summed E-state index contributed by atoms with van der Waals surface area (Å²) in [5.74, 6) is -0.584. The maximum Gasteiger partial charge on any atom is 0.412 e. The van der Waals surface area contributed by atoms with Crippen LogP contribution in [-0.2, 0) is 4.74 Å². The van der Waals surface area contributed by atoms with E-state index in [0.29, 0.717) is 11.4 Å². The molecule has 0 aromatic heterocycles. The monoisotopic (exact) mass is 343 g/mol. The number of rotatable bonds is 4. The smallest absolute Gasteiger partial charge is 0.412 e. The van der Waals surface area contributed by atoms with Gasteiger partial charge in [-0.2, -0.15) is 0 Å². The zero-order valence-corrected chi connectivity index (χ0v) is 14.6. The zero-order chi connectivity index (χ0) is 18.6. The Bertz CT molecular complexity index is 793. The Morgan fingerprint density at radius 3 is 2.40 bits per heavy atom. The Hall–Kier alpha value is -3.02. The van der Waals surface area contributed by atoms with E-state index in [1.165, 1.54) is 19.2 Å². The highest BCUT2D eigenvalue weighted by atomic mass is 16.6. The number of ether oxygens (including phenoxy) is 2. The minimum Gasteiger partial charge on any atom is -0.496 e. The third kappa shape index (κ3) is 4.97. The molecule has 0 aliphatic heterocycles. The lowest BCUT2D eigenvalue weighted by molar-refractivity contribution is 0.0634. The zero-order valence-electron chi connectivity index (χ0n) is 14.6. The normalized spacial score (nSPS) is 10.9. The maximum absolute atomic E-state index is 11.9. The van der Waals surface area contributed by atoms with E-state index in [1.807, 2.05) is 6.07 Å². The highest BCUT2D eigenvalue weighted by molar-refractivity contribution is 5.90. The van der Waals surface area contributed by atoms with Crippen molar-refractivity contribution in [1.82, 2.24) is 0 Å². The first-order valence-electron chi connectivity index (χ1n) is 7.71. The number of nitrogens with one attached hydrogen (secondary N) is 1. The molecule has 2 rings (SSSR count). The van der Waals surface area contributed by atoms with Gasteiger partial charge in [0.2, 0.25) is 0 Å². The molecule has 0 atom stereocenters. The minimum atomic E-state index is -1.02. The predicted molar refractivity (Wildman–Crippen MR) is 95.2 cm³/mol. The van der Waals surface area contributed by atoms with Crippen molar-refractivity contribution in [2.45, 2.75) is 26.4 Å². The third-order valence-corrected chi connectivity index (χ3v) is 3.27. The van der Waals surface area contributed by atoms with E-state index in [1.54, 1.807) is 45.0 Å². The average molecular weight is 343 g/mol. The molecule has 0 aliphatic rings. The van der Waals surface area contributed by atoms with Gasteiger partial charge >= 0.3 is 12.1 Å². The first-order valence-corrected chi connectivity index (χ1v) is 7.71. The highest BCUT2D eigenvalue weighted by Gasteiger charge is 2.17. The van der Waals surface area contributed by atoms with E-state index in [2.05, 4.69) is 5.32 Å². The fraction of sp³-hybridized carbons (Fsp3) is 0.263. The number of hydrogen-bond donors (Lipinski definition) is 2. The van der Waals surface area contributed by atoms with Crippen molar-refractivity contribution >= 4 is 17.7 Å². The number of carboxylic acid groups (broad SMARTS) is 1. The van der Waals surface area contributed by atoms with E-state index >= 15 is 0 Å². The number of anilines is 1. The Labute approximate surface area is 146 Å². The topological polar surface area (TPSA) is 84.9 Å². The Kier molecular flexibility index (Phi) is 5.32. The summed E-state index contributed by atoms with van der Waals surface area (Å²) in [6.07, 6.45) is -0.544. The van der Waals surface area contributed by atoms with Crippen molar-refractivity contribution in [3.8, 4) is 16.9 Å². The minimum absolute atomic E-state index is 0.142. The van der Waals surface area contributed by atoms with Crippen LogP contribution in [-0.4, -0.2) is 29.9 Å². The van der Waals surface area contributed by atoms with Gasteiger partial charge in [-0.05, 0) is 56.7 Å². The molecule has 6 heteroatoms. The molecule has 132 valence electrons. The number of methoxy groups -OCH3 is 1.